The molecule has 0 spiro atoms. The number of anilines is 1. The van der Waals surface area contributed by atoms with E-state index in [9.17, 15) is 4.39 Å². The second kappa shape index (κ2) is 7.93. The molecule has 0 aliphatic heterocycles. The Morgan fingerprint density at radius 1 is 1.14 bits per heavy atom. The van der Waals surface area contributed by atoms with Crippen molar-refractivity contribution in [1.29, 1.82) is 0 Å². The van der Waals surface area contributed by atoms with Crippen molar-refractivity contribution in [2.75, 3.05) is 11.9 Å². The van der Waals surface area contributed by atoms with Gasteiger partial charge >= 0.3 is 0 Å². The molecule has 0 atom stereocenters. The fraction of sp³-hybridized carbons (Fsp3) is 0.286. The highest BCUT2D eigenvalue weighted by atomic mass is 32.1. The van der Waals surface area contributed by atoms with Gasteiger partial charge in [-0.3, -0.25) is 0 Å². The van der Waals surface area contributed by atoms with Gasteiger partial charge in [-0.05, 0) is 55.3 Å². The third kappa shape index (κ3) is 3.77. The summed E-state index contributed by atoms with van der Waals surface area (Å²) in [7, 11) is 0. The molecule has 0 unspecified atom stereocenters. The molecule has 0 amide bonds. The number of thiazole rings is 1. The molecule has 0 aliphatic rings. The Hall–Kier alpha value is -2.38. The van der Waals surface area contributed by atoms with Gasteiger partial charge in [0.2, 0.25) is 0 Å². The van der Waals surface area contributed by atoms with Crippen LogP contribution < -0.4 is 5.32 Å². The minimum Gasteiger partial charge on any atom is -0.370 e. The number of hydrogen-bond acceptors (Lipinski definition) is 6. The molecular formula is C21H21FN4S2. The number of rotatable bonds is 6. The SMILES string of the molecule is CCc1csc(-c2cc(NCCc3c(C)sc4c(C)cc(F)cc34)ncn2)n1. The summed E-state index contributed by atoms with van der Waals surface area (Å²) in [5.41, 5.74) is 4.11. The van der Waals surface area contributed by atoms with Crippen molar-refractivity contribution in [3.8, 4) is 10.7 Å². The number of thiophene rings is 1. The molecule has 1 N–H and O–H groups in total. The third-order valence-electron chi connectivity index (χ3n) is 4.73. The number of halogens is 1. The molecule has 4 aromatic rings. The van der Waals surface area contributed by atoms with E-state index in [1.807, 2.05) is 13.0 Å². The highest BCUT2D eigenvalue weighted by molar-refractivity contribution is 7.19. The quantitative estimate of drug-likeness (QED) is 0.436. The molecule has 144 valence electrons. The number of aromatic nitrogens is 3. The highest BCUT2D eigenvalue weighted by Gasteiger charge is 2.12. The van der Waals surface area contributed by atoms with Crippen molar-refractivity contribution < 1.29 is 4.39 Å². The van der Waals surface area contributed by atoms with Crippen LogP contribution in [0.1, 0.15) is 28.6 Å². The Morgan fingerprint density at radius 2 is 2.00 bits per heavy atom. The van der Waals surface area contributed by atoms with E-state index in [1.54, 1.807) is 41.1 Å². The lowest BCUT2D eigenvalue weighted by Gasteiger charge is -2.07. The van der Waals surface area contributed by atoms with E-state index in [0.717, 1.165) is 52.5 Å². The summed E-state index contributed by atoms with van der Waals surface area (Å²) < 4.78 is 15.0. The van der Waals surface area contributed by atoms with Crippen molar-refractivity contribution in [3.05, 3.63) is 57.4 Å². The van der Waals surface area contributed by atoms with Crippen LogP contribution in [0, 0.1) is 19.7 Å². The minimum atomic E-state index is -0.174. The van der Waals surface area contributed by atoms with Crippen LogP contribution >= 0.6 is 22.7 Å². The Labute approximate surface area is 171 Å². The number of fused-ring (bicyclic) bond motifs is 1. The minimum absolute atomic E-state index is 0.174. The lowest BCUT2D eigenvalue weighted by Crippen LogP contribution is -2.07. The number of benzene rings is 1. The number of aryl methyl sites for hydroxylation is 3. The topological polar surface area (TPSA) is 50.7 Å². The molecule has 3 heterocycles. The molecule has 0 saturated carbocycles. The first kappa shape index (κ1) is 19.0. The monoisotopic (exact) mass is 412 g/mol. The van der Waals surface area contributed by atoms with Crippen molar-refractivity contribution in [2.45, 2.75) is 33.6 Å². The molecule has 1 aromatic carbocycles. The van der Waals surface area contributed by atoms with Gasteiger partial charge in [-0.15, -0.1) is 22.7 Å². The van der Waals surface area contributed by atoms with Gasteiger partial charge in [-0.2, -0.15) is 0 Å². The second-order valence-electron chi connectivity index (χ2n) is 6.70. The molecule has 0 bridgehead atoms. The summed E-state index contributed by atoms with van der Waals surface area (Å²) in [5.74, 6) is 0.602. The van der Waals surface area contributed by atoms with Crippen LogP contribution in [-0.2, 0) is 12.8 Å². The first-order valence-corrected chi connectivity index (χ1v) is 10.9. The fourth-order valence-electron chi connectivity index (χ4n) is 3.28. The van der Waals surface area contributed by atoms with Gasteiger partial charge < -0.3 is 5.32 Å². The summed E-state index contributed by atoms with van der Waals surface area (Å²) in [4.78, 5) is 14.5. The van der Waals surface area contributed by atoms with E-state index < -0.39 is 0 Å². The molecular weight excluding hydrogens is 391 g/mol. The zero-order valence-electron chi connectivity index (χ0n) is 16.0. The lowest BCUT2D eigenvalue weighted by molar-refractivity contribution is 0.628. The number of nitrogens with zero attached hydrogens (tertiary/aromatic N) is 3. The molecule has 4 nitrogen and oxygen atoms in total. The summed E-state index contributed by atoms with van der Waals surface area (Å²) in [6.07, 6.45) is 3.29. The predicted octanol–water partition coefficient (Wildman–Crippen LogP) is 5.79. The zero-order valence-corrected chi connectivity index (χ0v) is 17.7. The van der Waals surface area contributed by atoms with Crippen LogP contribution in [0.5, 0.6) is 0 Å². The van der Waals surface area contributed by atoms with E-state index >= 15 is 0 Å². The molecule has 0 radical (unpaired) electrons. The van der Waals surface area contributed by atoms with Gasteiger partial charge in [0.1, 0.15) is 28.7 Å². The van der Waals surface area contributed by atoms with E-state index in [0.29, 0.717) is 0 Å². The summed E-state index contributed by atoms with van der Waals surface area (Å²) in [6.45, 7) is 6.88. The van der Waals surface area contributed by atoms with E-state index in [1.165, 1.54) is 15.1 Å². The molecule has 3 aromatic heterocycles. The Kier molecular flexibility index (Phi) is 5.37. The lowest BCUT2D eigenvalue weighted by atomic mass is 10.1. The maximum absolute atomic E-state index is 13.9. The van der Waals surface area contributed by atoms with Crippen molar-refractivity contribution in [1.82, 2.24) is 15.0 Å². The van der Waals surface area contributed by atoms with E-state index in [4.69, 9.17) is 0 Å². The molecule has 4 rings (SSSR count). The third-order valence-corrected chi connectivity index (χ3v) is 6.94. The average Bonchev–Trinajstić information content (AvgIpc) is 3.28. The molecule has 0 aliphatic carbocycles. The van der Waals surface area contributed by atoms with E-state index in [2.05, 4.69) is 39.5 Å². The van der Waals surface area contributed by atoms with Crippen molar-refractivity contribution in [2.24, 2.45) is 0 Å². The van der Waals surface area contributed by atoms with Crippen LogP contribution in [0.15, 0.2) is 29.9 Å². The standard InChI is InChI=1S/C21H21FN4S2/c1-4-15-10-27-21(26-15)18-9-19(25-11-24-18)23-6-5-16-13(3)28-20-12(2)7-14(22)8-17(16)20/h7-11H,4-6H2,1-3H3,(H,23,24,25). The van der Waals surface area contributed by atoms with Crippen molar-refractivity contribution in [3.63, 3.8) is 0 Å². The number of hydrogen-bond donors (Lipinski definition) is 1. The van der Waals surface area contributed by atoms with Crippen LogP contribution in [0.3, 0.4) is 0 Å². The van der Waals surface area contributed by atoms with E-state index in [-0.39, 0.29) is 5.82 Å². The highest BCUT2D eigenvalue weighted by Crippen LogP contribution is 2.34. The largest absolute Gasteiger partial charge is 0.370 e. The average molecular weight is 413 g/mol. The maximum Gasteiger partial charge on any atom is 0.142 e. The van der Waals surface area contributed by atoms with Gasteiger partial charge in [0.25, 0.3) is 0 Å². The molecule has 0 fully saturated rings. The van der Waals surface area contributed by atoms with Gasteiger partial charge in [-0.25, -0.2) is 19.3 Å². The first-order chi connectivity index (χ1) is 13.5. The summed E-state index contributed by atoms with van der Waals surface area (Å²) >= 11 is 3.34. The van der Waals surface area contributed by atoms with Gasteiger partial charge in [-0.1, -0.05) is 6.92 Å². The Bertz CT molecular complexity index is 1130. The number of nitrogens with one attached hydrogen (secondary N) is 1. The van der Waals surface area contributed by atoms with Crippen LogP contribution in [0.4, 0.5) is 10.2 Å². The van der Waals surface area contributed by atoms with Crippen molar-refractivity contribution >= 4 is 38.6 Å². The van der Waals surface area contributed by atoms with Gasteiger partial charge in [0.05, 0.1) is 5.69 Å². The summed E-state index contributed by atoms with van der Waals surface area (Å²) in [6, 6.07) is 5.18. The zero-order chi connectivity index (χ0) is 19.7. The van der Waals surface area contributed by atoms with Crippen LogP contribution in [0.2, 0.25) is 0 Å². The molecule has 28 heavy (non-hydrogen) atoms. The first-order valence-electron chi connectivity index (χ1n) is 9.24. The fourth-order valence-corrected chi connectivity index (χ4v) is 5.30. The smallest absolute Gasteiger partial charge is 0.142 e. The van der Waals surface area contributed by atoms with Gasteiger partial charge in [0.15, 0.2) is 0 Å². The molecule has 0 saturated heterocycles. The normalized spacial score (nSPS) is 11.3. The summed E-state index contributed by atoms with van der Waals surface area (Å²) in [5, 5.41) is 7.38. The van der Waals surface area contributed by atoms with Gasteiger partial charge in [0, 0.05) is 27.6 Å². The predicted molar refractivity (Wildman–Crippen MR) is 116 cm³/mol. The second-order valence-corrected chi connectivity index (χ2v) is 8.78. The Morgan fingerprint density at radius 3 is 2.79 bits per heavy atom. The van der Waals surface area contributed by atoms with Crippen LogP contribution in [-0.4, -0.2) is 21.5 Å². The Balaban J connectivity index is 1.49. The van der Waals surface area contributed by atoms with Crippen LogP contribution in [0.25, 0.3) is 20.8 Å². The molecule has 7 heteroatoms. The maximum atomic E-state index is 13.9.